The number of amides is 1. The molecule has 1 rings (SSSR count). The molecule has 1 aromatic rings. The fourth-order valence-electron chi connectivity index (χ4n) is 1.43. The Morgan fingerprint density at radius 2 is 2.00 bits per heavy atom. The van der Waals surface area contributed by atoms with E-state index in [-0.39, 0.29) is 4.47 Å². The summed E-state index contributed by atoms with van der Waals surface area (Å²) >= 11 is 2.96. The molecule has 0 unspecified atom stereocenters. The molecule has 6 heteroatoms. The summed E-state index contributed by atoms with van der Waals surface area (Å²) in [5.74, 6) is -2.25. The van der Waals surface area contributed by atoms with Crippen molar-refractivity contribution in [3.8, 4) is 0 Å². The largest absolute Gasteiger partial charge is 0.320 e. The van der Waals surface area contributed by atoms with Crippen LogP contribution in [0.5, 0.6) is 0 Å². The van der Waals surface area contributed by atoms with Crippen LogP contribution in [-0.4, -0.2) is 11.9 Å². The van der Waals surface area contributed by atoms with Gasteiger partial charge in [0.1, 0.15) is 5.69 Å². The Bertz CT molecular complexity index is 417. The Hall–Kier alpha value is -1.01. The summed E-state index contributed by atoms with van der Waals surface area (Å²) in [5.41, 5.74) is 5.15. The molecule has 0 fully saturated rings. The lowest BCUT2D eigenvalue weighted by Crippen LogP contribution is -2.36. The number of anilines is 1. The highest BCUT2D eigenvalue weighted by Gasteiger charge is 2.18. The van der Waals surface area contributed by atoms with Crippen LogP contribution in [0.3, 0.4) is 0 Å². The van der Waals surface area contributed by atoms with Crippen molar-refractivity contribution in [1.29, 1.82) is 0 Å². The molecule has 3 nitrogen and oxygen atoms in total. The number of unbranched alkanes of at least 4 members (excludes halogenated alkanes) is 1. The van der Waals surface area contributed by atoms with Gasteiger partial charge >= 0.3 is 0 Å². The highest BCUT2D eigenvalue weighted by Crippen LogP contribution is 2.23. The van der Waals surface area contributed by atoms with Gasteiger partial charge in [0.2, 0.25) is 5.91 Å². The van der Waals surface area contributed by atoms with Crippen molar-refractivity contribution in [1.82, 2.24) is 0 Å². The number of benzene rings is 1. The van der Waals surface area contributed by atoms with Gasteiger partial charge in [0, 0.05) is 4.47 Å². The predicted octanol–water partition coefficient (Wildman–Crippen LogP) is 3.18. The second kappa shape index (κ2) is 6.80. The van der Waals surface area contributed by atoms with Crippen LogP contribution in [0.15, 0.2) is 16.6 Å². The number of hydrogen-bond donors (Lipinski definition) is 2. The lowest BCUT2D eigenvalue weighted by atomic mass is 10.1. The fraction of sp³-hybridized carbons (Fsp3) is 0.417. The van der Waals surface area contributed by atoms with Crippen LogP contribution in [-0.2, 0) is 4.79 Å². The number of rotatable bonds is 5. The third-order valence-corrected chi connectivity index (χ3v) is 2.92. The zero-order valence-electron chi connectivity index (χ0n) is 9.97. The summed E-state index contributed by atoms with van der Waals surface area (Å²) in [5, 5.41) is 2.18. The molecule has 1 amide bonds. The van der Waals surface area contributed by atoms with Gasteiger partial charge in [-0.05, 0) is 18.6 Å². The molecule has 100 valence electrons. The van der Waals surface area contributed by atoms with E-state index in [0.717, 1.165) is 25.0 Å². The van der Waals surface area contributed by atoms with Crippen LogP contribution in [0.4, 0.5) is 14.5 Å². The maximum Gasteiger partial charge on any atom is 0.241 e. The molecule has 0 spiro atoms. The molecule has 1 aromatic carbocycles. The first-order valence-electron chi connectivity index (χ1n) is 5.66. The molecule has 0 saturated carbocycles. The number of nitrogens with one attached hydrogen (secondary N) is 1. The SMILES string of the molecule is CCCC[C@H](N)C(=O)Nc1c(F)cc(Br)cc1F. The molecular formula is C12H15BrF2N2O. The van der Waals surface area contributed by atoms with E-state index in [1.807, 2.05) is 6.92 Å². The third-order valence-electron chi connectivity index (χ3n) is 2.46. The standard InChI is InChI=1S/C12H15BrF2N2O/c1-2-3-4-10(16)12(18)17-11-8(14)5-7(13)6-9(11)15/h5-6,10H,2-4,16H2,1H3,(H,17,18)/t10-/m0/s1. The zero-order chi connectivity index (χ0) is 13.7. The van der Waals surface area contributed by atoms with Crippen LogP contribution in [0.1, 0.15) is 26.2 Å². The highest BCUT2D eigenvalue weighted by molar-refractivity contribution is 9.10. The summed E-state index contributed by atoms with van der Waals surface area (Å²) in [6.07, 6.45) is 2.18. The van der Waals surface area contributed by atoms with Crippen molar-refractivity contribution < 1.29 is 13.6 Å². The number of carbonyl (C=O) groups is 1. The van der Waals surface area contributed by atoms with Gasteiger partial charge in [-0.1, -0.05) is 35.7 Å². The van der Waals surface area contributed by atoms with Crippen LogP contribution in [0.25, 0.3) is 0 Å². The summed E-state index contributed by atoms with van der Waals surface area (Å²) < 4.78 is 27.2. The van der Waals surface area contributed by atoms with Gasteiger partial charge in [-0.25, -0.2) is 8.78 Å². The monoisotopic (exact) mass is 320 g/mol. The van der Waals surface area contributed by atoms with Crippen molar-refractivity contribution in [3.63, 3.8) is 0 Å². The minimum atomic E-state index is -0.835. The van der Waals surface area contributed by atoms with E-state index in [1.54, 1.807) is 0 Å². The van der Waals surface area contributed by atoms with E-state index in [1.165, 1.54) is 0 Å². The first-order valence-corrected chi connectivity index (χ1v) is 6.46. The van der Waals surface area contributed by atoms with Gasteiger partial charge in [0.15, 0.2) is 11.6 Å². The molecule has 0 radical (unpaired) electrons. The second-order valence-electron chi connectivity index (χ2n) is 3.98. The summed E-state index contributed by atoms with van der Waals surface area (Å²) in [6.45, 7) is 1.97. The van der Waals surface area contributed by atoms with Crippen LogP contribution < -0.4 is 11.1 Å². The molecular weight excluding hydrogens is 306 g/mol. The number of nitrogens with two attached hydrogens (primary N) is 1. The molecule has 0 aliphatic rings. The predicted molar refractivity (Wildman–Crippen MR) is 70.2 cm³/mol. The Labute approximate surface area is 113 Å². The maximum absolute atomic E-state index is 13.5. The first-order chi connectivity index (χ1) is 8.45. The zero-order valence-corrected chi connectivity index (χ0v) is 11.6. The van der Waals surface area contributed by atoms with E-state index in [0.29, 0.717) is 6.42 Å². The first kappa shape index (κ1) is 15.0. The van der Waals surface area contributed by atoms with Crippen molar-refractivity contribution in [3.05, 3.63) is 28.2 Å². The van der Waals surface area contributed by atoms with Gasteiger partial charge < -0.3 is 11.1 Å². The topological polar surface area (TPSA) is 55.1 Å². The Balaban J connectivity index is 2.76. The molecule has 0 saturated heterocycles. The average Bonchev–Trinajstić information content (AvgIpc) is 2.30. The summed E-state index contributed by atoms with van der Waals surface area (Å²) in [6, 6.07) is 1.40. The van der Waals surface area contributed by atoms with Crippen molar-refractivity contribution in [2.75, 3.05) is 5.32 Å². The van der Waals surface area contributed by atoms with Gasteiger partial charge in [0.05, 0.1) is 6.04 Å². The summed E-state index contributed by atoms with van der Waals surface area (Å²) in [4.78, 5) is 11.6. The van der Waals surface area contributed by atoms with Crippen molar-refractivity contribution in [2.24, 2.45) is 5.73 Å². The minimum Gasteiger partial charge on any atom is -0.320 e. The maximum atomic E-state index is 13.5. The van der Waals surface area contributed by atoms with Crippen molar-refractivity contribution >= 4 is 27.5 Å². The second-order valence-corrected chi connectivity index (χ2v) is 4.90. The van der Waals surface area contributed by atoms with E-state index < -0.39 is 29.3 Å². The molecule has 3 N–H and O–H groups in total. The van der Waals surface area contributed by atoms with Gasteiger partial charge in [-0.3, -0.25) is 4.79 Å². The number of carbonyl (C=O) groups excluding carboxylic acids is 1. The number of halogens is 3. The fourth-order valence-corrected chi connectivity index (χ4v) is 1.83. The van der Waals surface area contributed by atoms with E-state index in [2.05, 4.69) is 21.2 Å². The Morgan fingerprint density at radius 1 is 1.44 bits per heavy atom. The molecule has 18 heavy (non-hydrogen) atoms. The average molecular weight is 321 g/mol. The third kappa shape index (κ3) is 4.03. The van der Waals surface area contributed by atoms with Crippen LogP contribution in [0, 0.1) is 11.6 Å². The van der Waals surface area contributed by atoms with E-state index in [4.69, 9.17) is 5.73 Å². The minimum absolute atomic E-state index is 0.269. The Kier molecular flexibility index (Phi) is 5.68. The molecule has 1 atom stereocenters. The molecule has 0 heterocycles. The molecule has 0 aliphatic carbocycles. The number of hydrogen-bond acceptors (Lipinski definition) is 2. The van der Waals surface area contributed by atoms with Crippen LogP contribution in [0.2, 0.25) is 0 Å². The smallest absolute Gasteiger partial charge is 0.241 e. The quantitative estimate of drug-likeness (QED) is 0.875. The van der Waals surface area contributed by atoms with Gasteiger partial charge in [-0.15, -0.1) is 0 Å². The lowest BCUT2D eigenvalue weighted by Gasteiger charge is -2.13. The molecule has 0 aromatic heterocycles. The van der Waals surface area contributed by atoms with Gasteiger partial charge in [0.25, 0.3) is 0 Å². The highest BCUT2D eigenvalue weighted by atomic mass is 79.9. The molecule has 0 aliphatic heterocycles. The van der Waals surface area contributed by atoms with Gasteiger partial charge in [-0.2, -0.15) is 0 Å². The molecule has 0 bridgehead atoms. The van der Waals surface area contributed by atoms with Crippen LogP contribution >= 0.6 is 15.9 Å². The lowest BCUT2D eigenvalue weighted by molar-refractivity contribution is -0.117. The normalized spacial score (nSPS) is 12.3. The van der Waals surface area contributed by atoms with E-state index >= 15 is 0 Å². The summed E-state index contributed by atoms with van der Waals surface area (Å²) in [7, 11) is 0. The Morgan fingerprint density at radius 3 is 2.50 bits per heavy atom. The van der Waals surface area contributed by atoms with E-state index in [9.17, 15) is 13.6 Å². The van der Waals surface area contributed by atoms with Crippen molar-refractivity contribution in [2.45, 2.75) is 32.2 Å².